The molecule has 0 saturated carbocycles. The van der Waals surface area contributed by atoms with E-state index in [1.807, 2.05) is 24.3 Å². The maximum absolute atomic E-state index is 5.88. The van der Waals surface area contributed by atoms with E-state index in [0.29, 0.717) is 0 Å². The van der Waals surface area contributed by atoms with Gasteiger partial charge in [0.1, 0.15) is 5.75 Å². The molecule has 1 aliphatic heterocycles. The summed E-state index contributed by atoms with van der Waals surface area (Å²) in [7, 11) is 1.68. The van der Waals surface area contributed by atoms with Crippen LogP contribution in [0, 0.1) is 0 Å². The van der Waals surface area contributed by atoms with E-state index in [0.717, 1.165) is 33.3 Å². The van der Waals surface area contributed by atoms with Crippen LogP contribution in [0.25, 0.3) is 11.3 Å². The normalized spacial score (nSPS) is 12.7. The Hall–Kier alpha value is -1.85. The van der Waals surface area contributed by atoms with Gasteiger partial charge in [-0.2, -0.15) is 0 Å². The number of nitrogens with zero attached hydrogens (tertiary/aromatic N) is 1. The topological polar surface area (TPSA) is 25.6 Å². The van der Waals surface area contributed by atoms with E-state index in [-0.39, 0.29) is 0 Å². The second-order valence-corrected chi connectivity index (χ2v) is 7.10. The Morgan fingerprint density at radius 3 is 2.70 bits per heavy atom. The number of furan rings is 1. The van der Waals surface area contributed by atoms with Crippen molar-refractivity contribution in [1.82, 2.24) is 0 Å². The molecule has 0 unspecified atom stereocenters. The summed E-state index contributed by atoms with van der Waals surface area (Å²) in [6.45, 7) is 0.839. The second-order valence-electron chi connectivity index (χ2n) is 5.23. The van der Waals surface area contributed by atoms with Crippen LogP contribution >= 0.6 is 27.9 Å². The molecule has 5 heteroatoms. The molecule has 0 aliphatic carbocycles. The Morgan fingerprint density at radius 1 is 1.13 bits per heavy atom. The lowest BCUT2D eigenvalue weighted by molar-refractivity contribution is 0.414. The summed E-state index contributed by atoms with van der Waals surface area (Å²) >= 11 is 5.16. The first-order valence-corrected chi connectivity index (χ1v) is 8.78. The molecule has 0 spiro atoms. The summed E-state index contributed by atoms with van der Waals surface area (Å²) in [6.07, 6.45) is 0. The van der Waals surface area contributed by atoms with Crippen molar-refractivity contribution in [2.75, 3.05) is 11.4 Å². The van der Waals surface area contributed by atoms with Crippen LogP contribution in [0.4, 0.5) is 5.69 Å². The van der Waals surface area contributed by atoms with Crippen LogP contribution in [0.15, 0.2) is 68.6 Å². The van der Waals surface area contributed by atoms with Crippen molar-refractivity contribution in [1.29, 1.82) is 0 Å². The summed E-state index contributed by atoms with van der Waals surface area (Å²) in [5.74, 6) is 1.78. The third kappa shape index (κ3) is 2.75. The molecule has 23 heavy (non-hydrogen) atoms. The number of methoxy groups -OCH3 is 1. The molecule has 3 aromatic rings. The number of halogens is 1. The molecular formula is C18H14BrNO2S. The minimum Gasteiger partial charge on any atom is -0.497 e. The molecule has 4 rings (SSSR count). The minimum atomic E-state index is 0.750. The summed E-state index contributed by atoms with van der Waals surface area (Å²) in [5, 5.41) is 0. The number of hydrogen-bond acceptors (Lipinski definition) is 4. The molecule has 0 N–H and O–H groups in total. The lowest BCUT2D eigenvalue weighted by Gasteiger charge is -2.28. The molecule has 1 aromatic heterocycles. The van der Waals surface area contributed by atoms with Gasteiger partial charge >= 0.3 is 0 Å². The highest BCUT2D eigenvalue weighted by Gasteiger charge is 2.26. The Labute approximate surface area is 147 Å². The molecule has 2 heterocycles. The highest BCUT2D eigenvalue weighted by Crippen LogP contribution is 2.46. The highest BCUT2D eigenvalue weighted by atomic mass is 79.9. The van der Waals surface area contributed by atoms with Crippen molar-refractivity contribution in [3.05, 3.63) is 64.8 Å². The van der Waals surface area contributed by atoms with Crippen LogP contribution in [0.5, 0.6) is 5.75 Å². The zero-order valence-corrected chi connectivity index (χ0v) is 14.9. The zero-order chi connectivity index (χ0) is 15.8. The third-order valence-corrected chi connectivity index (χ3v) is 5.22. The van der Waals surface area contributed by atoms with Crippen molar-refractivity contribution in [2.24, 2.45) is 0 Å². The summed E-state index contributed by atoms with van der Waals surface area (Å²) in [5.41, 5.74) is 3.53. The number of benzene rings is 2. The fourth-order valence-electron chi connectivity index (χ4n) is 2.70. The summed E-state index contributed by atoms with van der Waals surface area (Å²) < 4.78 is 14.1. The molecule has 0 bridgehead atoms. The van der Waals surface area contributed by atoms with Crippen LogP contribution < -0.4 is 9.04 Å². The molecule has 0 radical (unpaired) electrons. The van der Waals surface area contributed by atoms with E-state index in [4.69, 9.17) is 9.15 Å². The maximum Gasteiger partial charge on any atom is 0.172 e. The molecule has 1 aliphatic rings. The lowest BCUT2D eigenvalue weighted by Crippen LogP contribution is -2.18. The third-order valence-electron chi connectivity index (χ3n) is 3.80. The quantitative estimate of drug-likeness (QED) is 0.534. The highest BCUT2D eigenvalue weighted by molar-refractivity contribution is 9.10. The van der Waals surface area contributed by atoms with Crippen LogP contribution in [0.1, 0.15) is 5.56 Å². The summed E-state index contributed by atoms with van der Waals surface area (Å²) in [6, 6.07) is 18.5. The Morgan fingerprint density at radius 2 is 1.91 bits per heavy atom. The van der Waals surface area contributed by atoms with Gasteiger partial charge in [0, 0.05) is 16.5 Å². The molecule has 3 nitrogen and oxygen atoms in total. The standard InChI is InChI=1S/C18H14BrNO2S/c1-21-13-6-8-14(9-7-13)23-20-11-12-4-2-3-5-15(12)18-16(20)10-17(19)22-18/h2-10H,11H2,1H3. The molecule has 2 aromatic carbocycles. The maximum atomic E-state index is 5.88. The number of hydrogen-bond donors (Lipinski definition) is 0. The first kappa shape index (κ1) is 14.7. The Bertz CT molecular complexity index is 844. The predicted molar refractivity (Wildman–Crippen MR) is 96.9 cm³/mol. The van der Waals surface area contributed by atoms with Crippen molar-refractivity contribution in [3.63, 3.8) is 0 Å². The van der Waals surface area contributed by atoms with E-state index in [1.54, 1.807) is 19.1 Å². The van der Waals surface area contributed by atoms with Gasteiger partial charge in [-0.15, -0.1) is 0 Å². The van der Waals surface area contributed by atoms with Crippen molar-refractivity contribution in [3.8, 4) is 17.1 Å². The van der Waals surface area contributed by atoms with Gasteiger partial charge in [-0.25, -0.2) is 0 Å². The number of anilines is 1. The molecule has 116 valence electrons. The number of fused-ring (bicyclic) bond motifs is 3. The fraction of sp³-hybridized carbons (Fsp3) is 0.111. The zero-order valence-electron chi connectivity index (χ0n) is 12.5. The fourth-order valence-corrected chi connectivity index (χ4v) is 4.02. The average Bonchev–Trinajstić information content (AvgIpc) is 2.98. The van der Waals surface area contributed by atoms with Crippen LogP contribution in [0.3, 0.4) is 0 Å². The second kappa shape index (κ2) is 5.98. The van der Waals surface area contributed by atoms with E-state index in [9.17, 15) is 0 Å². The number of ether oxygens (including phenoxy) is 1. The van der Waals surface area contributed by atoms with Gasteiger partial charge in [0.25, 0.3) is 0 Å². The van der Waals surface area contributed by atoms with Gasteiger partial charge in [0.15, 0.2) is 10.4 Å². The van der Waals surface area contributed by atoms with Crippen LogP contribution in [0.2, 0.25) is 0 Å². The van der Waals surface area contributed by atoms with E-state index >= 15 is 0 Å². The van der Waals surface area contributed by atoms with Gasteiger partial charge in [0.05, 0.1) is 19.3 Å². The van der Waals surface area contributed by atoms with Crippen molar-refractivity contribution < 1.29 is 9.15 Å². The van der Waals surface area contributed by atoms with Gasteiger partial charge < -0.3 is 13.5 Å². The predicted octanol–water partition coefficient (Wildman–Crippen LogP) is 5.75. The molecule has 0 fully saturated rings. The van der Waals surface area contributed by atoms with E-state index < -0.39 is 0 Å². The van der Waals surface area contributed by atoms with Crippen LogP contribution in [-0.2, 0) is 6.54 Å². The van der Waals surface area contributed by atoms with E-state index in [1.165, 1.54) is 11.1 Å². The molecule has 0 saturated heterocycles. The minimum absolute atomic E-state index is 0.750. The Balaban J connectivity index is 1.69. The first-order valence-electron chi connectivity index (χ1n) is 7.22. The van der Waals surface area contributed by atoms with Crippen LogP contribution in [-0.4, -0.2) is 7.11 Å². The number of rotatable bonds is 3. The molecule has 0 atom stereocenters. The monoisotopic (exact) mass is 387 g/mol. The lowest BCUT2D eigenvalue weighted by atomic mass is 10.0. The van der Waals surface area contributed by atoms with Gasteiger partial charge in [-0.05, 0) is 57.7 Å². The van der Waals surface area contributed by atoms with Crippen molar-refractivity contribution >= 4 is 33.6 Å². The molecular weight excluding hydrogens is 374 g/mol. The van der Waals surface area contributed by atoms with Gasteiger partial charge in [-0.3, -0.25) is 0 Å². The van der Waals surface area contributed by atoms with Crippen molar-refractivity contribution in [2.45, 2.75) is 11.4 Å². The summed E-state index contributed by atoms with van der Waals surface area (Å²) in [4.78, 5) is 1.16. The van der Waals surface area contributed by atoms with Gasteiger partial charge in [-0.1, -0.05) is 24.3 Å². The largest absolute Gasteiger partial charge is 0.497 e. The smallest absolute Gasteiger partial charge is 0.172 e. The SMILES string of the molecule is COc1ccc(SN2Cc3ccccc3-c3oc(Br)cc32)cc1. The average molecular weight is 388 g/mol. The van der Waals surface area contributed by atoms with E-state index in [2.05, 4.69) is 50.6 Å². The Kier molecular flexibility index (Phi) is 3.83. The molecule has 0 amide bonds. The van der Waals surface area contributed by atoms with Gasteiger partial charge in [0.2, 0.25) is 0 Å². The first-order chi connectivity index (χ1) is 11.2.